The van der Waals surface area contributed by atoms with Crippen LogP contribution in [0.25, 0.3) is 82.8 Å². The second-order valence-corrected chi connectivity index (χ2v) is 10.9. The molecule has 43 heavy (non-hydrogen) atoms. The van der Waals surface area contributed by atoms with Gasteiger partial charge in [0.15, 0.2) is 0 Å². The molecule has 6 aromatic carbocycles. The minimum absolute atomic E-state index is 0.167. The number of pyridine rings is 1. The van der Waals surface area contributed by atoms with Gasteiger partial charge in [-0.15, -0.1) is 0 Å². The van der Waals surface area contributed by atoms with Gasteiger partial charge in [-0.2, -0.15) is 0 Å². The number of aromatic hydroxyl groups is 1. The normalized spacial score (nSPS) is 11.8. The molecule has 5 heteroatoms. The Bertz CT molecular complexity index is 2520. The van der Waals surface area contributed by atoms with E-state index in [1.165, 1.54) is 16.2 Å². The van der Waals surface area contributed by atoms with Crippen molar-refractivity contribution in [1.29, 1.82) is 0 Å². The van der Waals surface area contributed by atoms with Gasteiger partial charge in [-0.25, -0.2) is 9.97 Å². The van der Waals surface area contributed by atoms with Crippen molar-refractivity contribution < 1.29 is 5.11 Å². The van der Waals surface area contributed by atoms with E-state index in [0.717, 1.165) is 61.2 Å². The van der Waals surface area contributed by atoms with Crippen LogP contribution in [0.2, 0.25) is 0 Å². The summed E-state index contributed by atoms with van der Waals surface area (Å²) in [6.07, 6.45) is 0. The van der Waals surface area contributed by atoms with Crippen molar-refractivity contribution in [3.8, 4) is 34.1 Å². The molecular weight excluding hydrogens is 528 g/mol. The largest absolute Gasteiger partial charge is 0.506 e. The number of nitrogens with one attached hydrogen (secondary N) is 1. The zero-order valence-corrected chi connectivity index (χ0v) is 23.0. The van der Waals surface area contributed by atoms with E-state index in [2.05, 4.69) is 101 Å². The first-order valence-corrected chi connectivity index (χ1v) is 14.3. The summed E-state index contributed by atoms with van der Waals surface area (Å²) >= 11 is 0. The lowest BCUT2D eigenvalue weighted by Crippen LogP contribution is -1.97. The number of para-hydroxylation sites is 4. The molecule has 9 aromatic rings. The van der Waals surface area contributed by atoms with Crippen molar-refractivity contribution in [2.24, 2.45) is 0 Å². The minimum Gasteiger partial charge on any atom is -0.506 e. The lowest BCUT2D eigenvalue weighted by Gasteiger charge is -2.10. The van der Waals surface area contributed by atoms with Gasteiger partial charge >= 0.3 is 0 Å². The Kier molecular flexibility index (Phi) is 4.98. The monoisotopic (exact) mass is 552 g/mol. The predicted molar refractivity (Wildman–Crippen MR) is 176 cm³/mol. The average Bonchev–Trinajstić information content (AvgIpc) is 3.62. The Morgan fingerprint density at radius 3 is 2.19 bits per heavy atom. The molecule has 3 aromatic heterocycles. The first kappa shape index (κ1) is 23.7. The van der Waals surface area contributed by atoms with Crippen LogP contribution in [0, 0.1) is 0 Å². The van der Waals surface area contributed by atoms with Gasteiger partial charge in [-0.3, -0.25) is 4.57 Å². The number of fused-ring (bicyclic) bond motifs is 6. The molecule has 202 valence electrons. The fourth-order valence-corrected chi connectivity index (χ4v) is 6.41. The molecule has 0 fully saturated rings. The highest BCUT2D eigenvalue weighted by molar-refractivity contribution is 6.15. The van der Waals surface area contributed by atoms with Crippen molar-refractivity contribution >= 4 is 54.5 Å². The number of hydrogen-bond donors (Lipinski definition) is 2. The fourth-order valence-electron chi connectivity index (χ4n) is 6.41. The van der Waals surface area contributed by atoms with Crippen molar-refractivity contribution in [1.82, 2.24) is 19.5 Å². The maximum Gasteiger partial charge on any atom is 0.147 e. The third-order valence-electron chi connectivity index (χ3n) is 8.42. The Morgan fingerprint density at radius 2 is 1.30 bits per heavy atom. The molecule has 3 heterocycles. The Hall–Kier alpha value is -5.94. The average molecular weight is 553 g/mol. The number of phenols is 1. The lowest BCUT2D eigenvalue weighted by atomic mass is 10.0. The molecule has 2 N–H and O–H groups in total. The number of aromatic nitrogens is 4. The van der Waals surface area contributed by atoms with Gasteiger partial charge in [0.1, 0.15) is 17.1 Å². The second-order valence-electron chi connectivity index (χ2n) is 10.9. The molecule has 0 aliphatic rings. The van der Waals surface area contributed by atoms with Crippen LogP contribution in [0.1, 0.15) is 0 Å². The molecule has 0 radical (unpaired) electrons. The number of imidazole rings is 1. The van der Waals surface area contributed by atoms with Crippen molar-refractivity contribution in [3.63, 3.8) is 0 Å². The molecule has 0 spiro atoms. The van der Waals surface area contributed by atoms with Crippen molar-refractivity contribution in [2.75, 3.05) is 0 Å². The van der Waals surface area contributed by atoms with Gasteiger partial charge in [0.05, 0.1) is 22.2 Å². The first-order valence-electron chi connectivity index (χ1n) is 14.3. The molecule has 0 saturated heterocycles. The smallest absolute Gasteiger partial charge is 0.147 e. The molecule has 9 rings (SSSR count). The number of hydrogen-bond acceptors (Lipinski definition) is 3. The first-order chi connectivity index (χ1) is 21.2. The Labute approximate surface area is 246 Å². The number of rotatable bonds is 3. The minimum atomic E-state index is 0.167. The molecule has 0 aliphatic heterocycles. The summed E-state index contributed by atoms with van der Waals surface area (Å²) in [6.45, 7) is 0. The molecular formula is C38H24N4O. The lowest BCUT2D eigenvalue weighted by molar-refractivity contribution is 0.480. The molecule has 0 bridgehead atoms. The van der Waals surface area contributed by atoms with E-state index in [4.69, 9.17) is 9.97 Å². The summed E-state index contributed by atoms with van der Waals surface area (Å²) in [6, 6.07) is 45.4. The van der Waals surface area contributed by atoms with Crippen LogP contribution in [-0.2, 0) is 0 Å². The van der Waals surface area contributed by atoms with Crippen molar-refractivity contribution in [2.45, 2.75) is 0 Å². The van der Waals surface area contributed by atoms with Crippen molar-refractivity contribution in [3.05, 3.63) is 133 Å². The van der Waals surface area contributed by atoms with Gasteiger partial charge < -0.3 is 10.1 Å². The summed E-state index contributed by atoms with van der Waals surface area (Å²) in [5.41, 5.74) is 8.29. The molecule has 0 unspecified atom stereocenters. The summed E-state index contributed by atoms with van der Waals surface area (Å²) in [5, 5.41) is 16.2. The topological polar surface area (TPSA) is 66.7 Å². The number of aromatic amines is 1. The van der Waals surface area contributed by atoms with E-state index in [-0.39, 0.29) is 5.75 Å². The molecule has 0 atom stereocenters. The summed E-state index contributed by atoms with van der Waals surface area (Å²) in [4.78, 5) is 14.0. The molecule has 5 nitrogen and oxygen atoms in total. The van der Waals surface area contributed by atoms with E-state index in [9.17, 15) is 5.11 Å². The number of H-pyrrole nitrogens is 1. The zero-order valence-electron chi connectivity index (χ0n) is 23.0. The molecule has 0 amide bonds. The molecule has 0 aliphatic carbocycles. The standard InChI is InChI=1S/C38H24N4O/c43-34-18-6-11-23-19-20-31(39-35(23)34)28-15-8-17-33-37(28)41-38(42(33)26-12-2-1-3-13-26)29-16-7-14-27-30-21-24-9-4-5-10-25(24)22-32(30)40-36(27)29/h1-22,40,43H. The number of phenolic OH excluding ortho intramolecular Hbond substituents is 1. The van der Waals surface area contributed by atoms with Crippen LogP contribution >= 0.6 is 0 Å². The summed E-state index contributed by atoms with van der Waals surface area (Å²) in [7, 11) is 0. The maximum atomic E-state index is 10.5. The van der Waals surface area contributed by atoms with Gasteiger partial charge in [0.25, 0.3) is 0 Å². The molecule has 0 saturated carbocycles. The van der Waals surface area contributed by atoms with Gasteiger partial charge in [0.2, 0.25) is 0 Å². The third kappa shape index (κ3) is 3.58. The van der Waals surface area contributed by atoms with Crippen LogP contribution < -0.4 is 0 Å². The van der Waals surface area contributed by atoms with Gasteiger partial charge in [-0.05, 0) is 59.3 Å². The summed E-state index contributed by atoms with van der Waals surface area (Å²) in [5.74, 6) is 1.01. The highest BCUT2D eigenvalue weighted by atomic mass is 16.3. The number of benzene rings is 6. The van der Waals surface area contributed by atoms with E-state index in [1.54, 1.807) is 6.07 Å². The van der Waals surface area contributed by atoms with Crippen LogP contribution in [0.15, 0.2) is 133 Å². The van der Waals surface area contributed by atoms with E-state index < -0.39 is 0 Å². The Morgan fingerprint density at radius 1 is 0.558 bits per heavy atom. The van der Waals surface area contributed by atoms with E-state index in [1.807, 2.05) is 36.4 Å². The van der Waals surface area contributed by atoms with E-state index in [0.29, 0.717) is 5.52 Å². The third-order valence-corrected chi connectivity index (χ3v) is 8.42. The Balaban J connectivity index is 1.35. The van der Waals surface area contributed by atoms with E-state index >= 15 is 0 Å². The fraction of sp³-hybridized carbons (Fsp3) is 0. The zero-order chi connectivity index (χ0) is 28.5. The van der Waals surface area contributed by atoms with Gasteiger partial charge in [-0.1, -0.05) is 84.9 Å². The predicted octanol–water partition coefficient (Wildman–Crippen LogP) is 9.40. The summed E-state index contributed by atoms with van der Waals surface area (Å²) < 4.78 is 2.23. The highest BCUT2D eigenvalue weighted by Gasteiger charge is 2.21. The van der Waals surface area contributed by atoms with Crippen LogP contribution in [0.4, 0.5) is 0 Å². The van der Waals surface area contributed by atoms with Gasteiger partial charge in [0, 0.05) is 38.5 Å². The number of nitrogens with zero attached hydrogens (tertiary/aromatic N) is 3. The second kappa shape index (κ2) is 9.03. The highest BCUT2D eigenvalue weighted by Crippen LogP contribution is 2.39. The maximum absolute atomic E-state index is 10.5. The SMILES string of the molecule is Oc1cccc2ccc(-c3cccc4c3nc(-c3cccc5c3[nH]c3cc6ccccc6cc35)n4-c3ccccc3)nc12. The van der Waals surface area contributed by atoms with Crippen LogP contribution in [0.3, 0.4) is 0 Å². The van der Waals surface area contributed by atoms with Crippen LogP contribution in [-0.4, -0.2) is 24.6 Å². The quantitative estimate of drug-likeness (QED) is 0.229. The van der Waals surface area contributed by atoms with Crippen LogP contribution in [0.5, 0.6) is 5.75 Å².